The third-order valence-corrected chi connectivity index (χ3v) is 4.98. The SMILES string of the molecule is CCc1cc(COc2ccc(/C=C3/C[C@@H]3C(N)=O)cc2F)c2ccccc2n1. The van der Waals surface area contributed by atoms with Crippen molar-refractivity contribution >= 4 is 22.9 Å². The van der Waals surface area contributed by atoms with E-state index in [4.69, 9.17) is 10.5 Å². The molecule has 1 amide bonds. The van der Waals surface area contributed by atoms with Crippen LogP contribution in [0.1, 0.15) is 30.2 Å². The van der Waals surface area contributed by atoms with Crippen molar-refractivity contribution in [1.29, 1.82) is 0 Å². The van der Waals surface area contributed by atoms with E-state index in [1.165, 1.54) is 6.07 Å². The number of amides is 1. The van der Waals surface area contributed by atoms with Gasteiger partial charge in [0.25, 0.3) is 0 Å². The first-order valence-electron chi connectivity index (χ1n) is 9.35. The van der Waals surface area contributed by atoms with E-state index in [0.717, 1.165) is 34.2 Å². The number of primary amides is 1. The summed E-state index contributed by atoms with van der Waals surface area (Å²) in [5, 5.41) is 1.01. The molecule has 0 aliphatic heterocycles. The number of pyridine rings is 1. The van der Waals surface area contributed by atoms with Gasteiger partial charge in [0.15, 0.2) is 11.6 Å². The molecule has 0 radical (unpaired) electrons. The maximum atomic E-state index is 14.5. The second-order valence-electron chi connectivity index (χ2n) is 7.00. The van der Waals surface area contributed by atoms with Gasteiger partial charge in [0.1, 0.15) is 6.61 Å². The molecule has 4 rings (SSSR count). The number of nitrogens with two attached hydrogens (primary N) is 1. The molecular formula is C23H21FN2O2. The van der Waals surface area contributed by atoms with Gasteiger partial charge in [-0.05, 0) is 42.7 Å². The van der Waals surface area contributed by atoms with Crippen molar-refractivity contribution in [3.05, 3.63) is 76.7 Å². The van der Waals surface area contributed by atoms with Gasteiger partial charge in [0, 0.05) is 16.6 Å². The zero-order valence-electron chi connectivity index (χ0n) is 15.6. The van der Waals surface area contributed by atoms with Crippen LogP contribution in [0.15, 0.2) is 54.1 Å². The quantitative estimate of drug-likeness (QED) is 0.693. The molecule has 28 heavy (non-hydrogen) atoms. The average Bonchev–Trinajstić information content (AvgIpc) is 3.46. The molecule has 4 nitrogen and oxygen atoms in total. The van der Waals surface area contributed by atoms with E-state index in [1.54, 1.807) is 12.1 Å². The van der Waals surface area contributed by atoms with Crippen molar-refractivity contribution in [2.45, 2.75) is 26.4 Å². The Morgan fingerprint density at radius 1 is 1.29 bits per heavy atom. The zero-order valence-corrected chi connectivity index (χ0v) is 15.6. The van der Waals surface area contributed by atoms with Gasteiger partial charge < -0.3 is 10.5 Å². The molecule has 0 unspecified atom stereocenters. The predicted octanol–water partition coefficient (Wildman–Crippen LogP) is 4.40. The van der Waals surface area contributed by atoms with Crippen LogP contribution in [-0.2, 0) is 17.8 Å². The molecule has 2 aromatic carbocycles. The topological polar surface area (TPSA) is 65.2 Å². The number of carbonyl (C=O) groups is 1. The van der Waals surface area contributed by atoms with E-state index in [1.807, 2.05) is 36.4 Å². The molecule has 0 bridgehead atoms. The highest BCUT2D eigenvalue weighted by Gasteiger charge is 2.34. The Morgan fingerprint density at radius 3 is 2.82 bits per heavy atom. The predicted molar refractivity (Wildman–Crippen MR) is 107 cm³/mol. The van der Waals surface area contributed by atoms with Crippen molar-refractivity contribution in [3.8, 4) is 5.75 Å². The lowest BCUT2D eigenvalue weighted by Gasteiger charge is -2.11. The Hall–Kier alpha value is -3.21. The van der Waals surface area contributed by atoms with Crippen molar-refractivity contribution in [3.63, 3.8) is 0 Å². The maximum absolute atomic E-state index is 14.5. The first-order chi connectivity index (χ1) is 13.5. The van der Waals surface area contributed by atoms with Gasteiger partial charge in [-0.3, -0.25) is 9.78 Å². The third-order valence-electron chi connectivity index (χ3n) is 4.98. The van der Waals surface area contributed by atoms with Crippen LogP contribution >= 0.6 is 0 Å². The fraction of sp³-hybridized carbons (Fsp3) is 0.217. The number of aryl methyl sites for hydroxylation is 1. The Balaban J connectivity index is 1.53. The summed E-state index contributed by atoms with van der Waals surface area (Å²) in [7, 11) is 0. The normalized spacial score (nSPS) is 17.1. The molecule has 1 saturated carbocycles. The van der Waals surface area contributed by atoms with Crippen molar-refractivity contribution in [2.24, 2.45) is 11.7 Å². The highest BCUT2D eigenvalue weighted by atomic mass is 19.1. The second kappa shape index (κ2) is 7.43. The van der Waals surface area contributed by atoms with Crippen molar-refractivity contribution < 1.29 is 13.9 Å². The van der Waals surface area contributed by atoms with E-state index in [0.29, 0.717) is 12.0 Å². The molecular weight excluding hydrogens is 355 g/mol. The van der Waals surface area contributed by atoms with Gasteiger partial charge in [-0.1, -0.05) is 42.8 Å². The molecule has 0 spiro atoms. The molecule has 1 aliphatic rings. The van der Waals surface area contributed by atoms with E-state index in [9.17, 15) is 9.18 Å². The van der Waals surface area contributed by atoms with E-state index >= 15 is 0 Å². The molecule has 1 aliphatic carbocycles. The Labute approximate surface area is 162 Å². The fourth-order valence-corrected chi connectivity index (χ4v) is 3.32. The minimum atomic E-state index is -0.431. The summed E-state index contributed by atoms with van der Waals surface area (Å²) in [5.41, 5.74) is 9.79. The van der Waals surface area contributed by atoms with Crippen LogP contribution < -0.4 is 10.5 Å². The largest absolute Gasteiger partial charge is 0.486 e. The summed E-state index contributed by atoms with van der Waals surface area (Å²) in [6.45, 7) is 2.31. The number of fused-ring (bicyclic) bond motifs is 1. The van der Waals surface area contributed by atoms with Gasteiger partial charge in [-0.15, -0.1) is 0 Å². The second-order valence-corrected chi connectivity index (χ2v) is 7.00. The van der Waals surface area contributed by atoms with Crippen LogP contribution in [0.4, 0.5) is 4.39 Å². The van der Waals surface area contributed by atoms with Crippen LogP contribution in [0.2, 0.25) is 0 Å². The van der Waals surface area contributed by atoms with Crippen LogP contribution in [0.25, 0.3) is 17.0 Å². The Morgan fingerprint density at radius 2 is 2.11 bits per heavy atom. The smallest absolute Gasteiger partial charge is 0.224 e. The number of ether oxygens (including phenoxy) is 1. The highest BCUT2D eigenvalue weighted by Crippen LogP contribution is 2.39. The number of rotatable bonds is 6. The minimum Gasteiger partial charge on any atom is -0.486 e. The van der Waals surface area contributed by atoms with Gasteiger partial charge in [-0.2, -0.15) is 0 Å². The molecule has 142 valence electrons. The number of hydrogen-bond acceptors (Lipinski definition) is 3. The van der Waals surface area contributed by atoms with E-state index in [-0.39, 0.29) is 24.2 Å². The summed E-state index contributed by atoms with van der Waals surface area (Å²) < 4.78 is 20.2. The van der Waals surface area contributed by atoms with Gasteiger partial charge in [-0.25, -0.2) is 4.39 Å². The maximum Gasteiger partial charge on any atom is 0.224 e. The fourth-order valence-electron chi connectivity index (χ4n) is 3.32. The number of hydrogen-bond donors (Lipinski definition) is 1. The number of nitrogens with zero attached hydrogens (tertiary/aromatic N) is 1. The number of aromatic nitrogens is 1. The molecule has 0 saturated heterocycles. The monoisotopic (exact) mass is 376 g/mol. The first kappa shape index (κ1) is 18.2. The van der Waals surface area contributed by atoms with Gasteiger partial charge in [0.2, 0.25) is 5.91 Å². The van der Waals surface area contributed by atoms with Crippen molar-refractivity contribution in [1.82, 2.24) is 4.98 Å². The van der Waals surface area contributed by atoms with Crippen LogP contribution in [0.3, 0.4) is 0 Å². The molecule has 5 heteroatoms. The third kappa shape index (κ3) is 3.74. The van der Waals surface area contributed by atoms with E-state index in [2.05, 4.69) is 11.9 Å². The van der Waals surface area contributed by atoms with Gasteiger partial charge in [0.05, 0.1) is 11.4 Å². The van der Waals surface area contributed by atoms with Crippen LogP contribution in [0, 0.1) is 11.7 Å². The summed E-state index contributed by atoms with van der Waals surface area (Å²) in [6.07, 6.45) is 3.29. The Bertz CT molecular complexity index is 1090. The van der Waals surface area contributed by atoms with Gasteiger partial charge >= 0.3 is 0 Å². The van der Waals surface area contributed by atoms with Crippen LogP contribution in [0.5, 0.6) is 5.75 Å². The summed E-state index contributed by atoms with van der Waals surface area (Å²) in [6, 6.07) is 14.7. The first-order valence-corrected chi connectivity index (χ1v) is 9.35. The highest BCUT2D eigenvalue weighted by molar-refractivity contribution is 5.87. The lowest BCUT2D eigenvalue weighted by atomic mass is 10.1. The molecule has 2 N–H and O–H groups in total. The summed E-state index contributed by atoms with van der Waals surface area (Å²) in [5.74, 6) is -0.766. The number of benzene rings is 2. The molecule has 1 aromatic heterocycles. The lowest BCUT2D eigenvalue weighted by molar-refractivity contribution is -0.118. The molecule has 1 atom stereocenters. The van der Waals surface area contributed by atoms with E-state index < -0.39 is 5.82 Å². The molecule has 1 fully saturated rings. The Kier molecular flexibility index (Phi) is 4.82. The average molecular weight is 376 g/mol. The number of para-hydroxylation sites is 1. The standard InChI is InChI=1S/C23H21FN2O2/c1-2-17-11-16(18-5-3-4-6-21(18)26-17)13-28-22-8-7-14(10-20(22)24)9-15-12-19(15)23(25)27/h3-11,19H,2,12-13H2,1H3,(H2,25,27)/b15-9-/t19-/m0/s1. The number of carbonyl (C=O) groups excluding carboxylic acids is 1. The van der Waals surface area contributed by atoms with Crippen LogP contribution in [-0.4, -0.2) is 10.9 Å². The zero-order chi connectivity index (χ0) is 19.7. The number of halogens is 1. The molecule has 3 aromatic rings. The van der Waals surface area contributed by atoms with Crippen molar-refractivity contribution in [2.75, 3.05) is 0 Å². The lowest BCUT2D eigenvalue weighted by Crippen LogP contribution is -2.12. The minimum absolute atomic E-state index is 0.198. The summed E-state index contributed by atoms with van der Waals surface area (Å²) in [4.78, 5) is 15.7. The molecule has 1 heterocycles. The summed E-state index contributed by atoms with van der Waals surface area (Å²) >= 11 is 0.